The number of para-hydroxylation sites is 1. The minimum absolute atomic E-state index is 0.283. The van der Waals surface area contributed by atoms with E-state index in [4.69, 9.17) is 14.2 Å². The van der Waals surface area contributed by atoms with E-state index in [1.165, 1.54) is 0 Å². The zero-order valence-electron chi connectivity index (χ0n) is 15.3. The molecule has 7 nitrogen and oxygen atoms in total. The van der Waals surface area contributed by atoms with Crippen LogP contribution in [0.1, 0.15) is 22.0 Å². The summed E-state index contributed by atoms with van der Waals surface area (Å²) in [5.74, 6) is -0.711. The molecule has 146 valence electrons. The molecule has 0 aromatic heterocycles. The number of morpholine rings is 1. The second-order valence-corrected chi connectivity index (χ2v) is 6.16. The third-order valence-electron chi connectivity index (χ3n) is 4.29. The van der Waals surface area contributed by atoms with Crippen molar-refractivity contribution in [3.63, 3.8) is 0 Å². The Bertz CT molecular complexity index is 817. The monoisotopic (exact) mass is 383 g/mol. The minimum atomic E-state index is -1.06. The molecule has 2 aromatic rings. The lowest BCUT2D eigenvalue weighted by Crippen LogP contribution is -2.44. The molecule has 0 spiro atoms. The Labute approximate surface area is 162 Å². The summed E-state index contributed by atoms with van der Waals surface area (Å²) in [7, 11) is 0. The van der Waals surface area contributed by atoms with Crippen LogP contribution >= 0.6 is 0 Å². The van der Waals surface area contributed by atoms with E-state index in [-0.39, 0.29) is 11.7 Å². The number of carbonyl (C=O) groups excluding carboxylic acids is 3. The van der Waals surface area contributed by atoms with Gasteiger partial charge in [0.1, 0.15) is 5.75 Å². The number of rotatable bonds is 7. The summed E-state index contributed by atoms with van der Waals surface area (Å²) in [6.45, 7) is 1.38. The van der Waals surface area contributed by atoms with E-state index in [0.717, 1.165) is 0 Å². The first-order chi connectivity index (χ1) is 13.7. The average molecular weight is 383 g/mol. The van der Waals surface area contributed by atoms with Gasteiger partial charge in [0.2, 0.25) is 6.10 Å². The Morgan fingerprint density at radius 2 is 1.71 bits per heavy atom. The van der Waals surface area contributed by atoms with Gasteiger partial charge in [0.15, 0.2) is 12.9 Å². The van der Waals surface area contributed by atoms with E-state index in [2.05, 4.69) is 0 Å². The number of ether oxygens (including phenoxy) is 3. The summed E-state index contributed by atoms with van der Waals surface area (Å²) < 4.78 is 16.1. The molecule has 0 unspecified atom stereocenters. The van der Waals surface area contributed by atoms with Gasteiger partial charge in [-0.25, -0.2) is 4.79 Å². The van der Waals surface area contributed by atoms with Crippen LogP contribution in [0.15, 0.2) is 54.6 Å². The molecule has 1 fully saturated rings. The molecule has 0 aliphatic carbocycles. The Kier molecular flexibility index (Phi) is 6.75. The molecule has 0 bridgehead atoms. The van der Waals surface area contributed by atoms with Gasteiger partial charge in [-0.15, -0.1) is 0 Å². The molecule has 1 amide bonds. The predicted octanol–water partition coefficient (Wildman–Crippen LogP) is 2.02. The van der Waals surface area contributed by atoms with Gasteiger partial charge >= 0.3 is 5.97 Å². The highest BCUT2D eigenvalue weighted by atomic mass is 16.6. The third kappa shape index (κ3) is 4.95. The molecule has 1 atom stereocenters. The van der Waals surface area contributed by atoms with Crippen LogP contribution in [-0.2, 0) is 19.1 Å². The maximum Gasteiger partial charge on any atom is 0.345 e. The average Bonchev–Trinajstić information content (AvgIpc) is 2.77. The zero-order chi connectivity index (χ0) is 19.8. The van der Waals surface area contributed by atoms with Crippen LogP contribution in [0.3, 0.4) is 0 Å². The van der Waals surface area contributed by atoms with Crippen LogP contribution in [0, 0.1) is 0 Å². The number of hydrogen-bond donors (Lipinski definition) is 0. The number of hydrogen-bond acceptors (Lipinski definition) is 6. The minimum Gasteiger partial charge on any atom is -0.481 e. The van der Waals surface area contributed by atoms with Gasteiger partial charge < -0.3 is 19.1 Å². The molecule has 0 radical (unpaired) electrons. The van der Waals surface area contributed by atoms with Gasteiger partial charge in [0, 0.05) is 18.7 Å². The molecule has 1 aliphatic rings. The molecule has 7 heteroatoms. The van der Waals surface area contributed by atoms with E-state index in [1.54, 1.807) is 53.4 Å². The van der Waals surface area contributed by atoms with Crippen LogP contribution < -0.4 is 4.74 Å². The topological polar surface area (TPSA) is 82.1 Å². The summed E-state index contributed by atoms with van der Waals surface area (Å²) in [5, 5.41) is 0. The molecule has 1 saturated heterocycles. The fourth-order valence-corrected chi connectivity index (χ4v) is 2.85. The van der Waals surface area contributed by atoms with Gasteiger partial charge in [-0.05, 0) is 12.1 Å². The molecule has 1 heterocycles. The van der Waals surface area contributed by atoms with Crippen LogP contribution in [0.4, 0.5) is 0 Å². The molecular formula is C21H21NO6. The predicted molar refractivity (Wildman–Crippen MR) is 100.0 cm³/mol. The number of amides is 1. The van der Waals surface area contributed by atoms with Gasteiger partial charge in [0.05, 0.1) is 18.8 Å². The van der Waals surface area contributed by atoms with Crippen LogP contribution in [-0.4, -0.2) is 56.0 Å². The molecular weight excluding hydrogens is 362 g/mol. The lowest BCUT2D eigenvalue weighted by Gasteiger charge is -2.30. The van der Waals surface area contributed by atoms with E-state index < -0.39 is 18.7 Å². The number of esters is 1. The standard InChI is InChI=1S/C21H21NO6/c23-14-17-8-4-5-9-18(17)27-15-19(24)28-20(16-6-2-1-3-7-16)21(25)22-10-12-26-13-11-22/h1-9,14,20H,10-13,15H2/t20-/m0/s1. The zero-order valence-corrected chi connectivity index (χ0v) is 15.3. The highest BCUT2D eigenvalue weighted by Crippen LogP contribution is 2.22. The number of benzene rings is 2. The first-order valence-corrected chi connectivity index (χ1v) is 8.97. The Balaban J connectivity index is 1.69. The Morgan fingerprint density at radius 1 is 1.04 bits per heavy atom. The first kappa shape index (κ1) is 19.6. The Morgan fingerprint density at radius 3 is 2.43 bits per heavy atom. The summed E-state index contributed by atoms with van der Waals surface area (Å²) in [5.41, 5.74) is 0.917. The summed E-state index contributed by atoms with van der Waals surface area (Å²) in [6, 6.07) is 15.4. The van der Waals surface area contributed by atoms with E-state index >= 15 is 0 Å². The van der Waals surface area contributed by atoms with Crippen molar-refractivity contribution in [2.75, 3.05) is 32.9 Å². The van der Waals surface area contributed by atoms with E-state index in [0.29, 0.717) is 43.7 Å². The van der Waals surface area contributed by atoms with Crippen molar-refractivity contribution in [2.24, 2.45) is 0 Å². The van der Waals surface area contributed by atoms with Gasteiger partial charge in [0.25, 0.3) is 5.91 Å². The maximum atomic E-state index is 12.9. The maximum absolute atomic E-state index is 12.9. The fraction of sp³-hybridized carbons (Fsp3) is 0.286. The van der Waals surface area contributed by atoms with Crippen molar-refractivity contribution >= 4 is 18.2 Å². The summed E-state index contributed by atoms with van der Waals surface area (Å²) >= 11 is 0. The van der Waals surface area contributed by atoms with Crippen molar-refractivity contribution in [2.45, 2.75) is 6.10 Å². The quantitative estimate of drug-likeness (QED) is 0.537. The van der Waals surface area contributed by atoms with E-state index in [1.807, 2.05) is 6.07 Å². The largest absolute Gasteiger partial charge is 0.481 e. The third-order valence-corrected chi connectivity index (χ3v) is 4.29. The molecule has 1 aliphatic heterocycles. The molecule has 0 N–H and O–H groups in total. The lowest BCUT2D eigenvalue weighted by molar-refractivity contribution is -0.164. The summed E-state index contributed by atoms with van der Waals surface area (Å²) in [6.07, 6.45) is -0.410. The number of carbonyl (C=O) groups is 3. The lowest BCUT2D eigenvalue weighted by atomic mass is 10.1. The van der Waals surface area contributed by atoms with Gasteiger partial charge in [-0.2, -0.15) is 0 Å². The summed E-state index contributed by atoms with van der Waals surface area (Å²) in [4.78, 5) is 37.9. The fourth-order valence-electron chi connectivity index (χ4n) is 2.85. The second-order valence-electron chi connectivity index (χ2n) is 6.16. The van der Waals surface area contributed by atoms with Crippen LogP contribution in [0.5, 0.6) is 5.75 Å². The van der Waals surface area contributed by atoms with Crippen molar-refractivity contribution in [1.82, 2.24) is 4.90 Å². The first-order valence-electron chi connectivity index (χ1n) is 8.97. The molecule has 3 rings (SSSR count). The van der Waals surface area contributed by atoms with Gasteiger partial charge in [-0.3, -0.25) is 9.59 Å². The van der Waals surface area contributed by atoms with Crippen molar-refractivity contribution in [3.05, 3.63) is 65.7 Å². The number of aldehydes is 1. The number of nitrogens with zero attached hydrogens (tertiary/aromatic N) is 1. The molecule has 2 aromatic carbocycles. The molecule has 0 saturated carbocycles. The van der Waals surface area contributed by atoms with Crippen molar-refractivity contribution in [3.8, 4) is 5.75 Å². The van der Waals surface area contributed by atoms with Crippen LogP contribution in [0.25, 0.3) is 0 Å². The van der Waals surface area contributed by atoms with Crippen molar-refractivity contribution in [1.29, 1.82) is 0 Å². The van der Waals surface area contributed by atoms with Crippen molar-refractivity contribution < 1.29 is 28.6 Å². The van der Waals surface area contributed by atoms with E-state index in [9.17, 15) is 14.4 Å². The highest BCUT2D eigenvalue weighted by molar-refractivity contribution is 5.85. The smallest absolute Gasteiger partial charge is 0.345 e. The van der Waals surface area contributed by atoms with Crippen LogP contribution in [0.2, 0.25) is 0 Å². The Hall–Kier alpha value is -3.19. The SMILES string of the molecule is O=Cc1ccccc1OCC(=O)O[C@H](C(=O)N1CCOCC1)c1ccccc1. The molecule has 28 heavy (non-hydrogen) atoms. The van der Waals surface area contributed by atoms with Gasteiger partial charge in [-0.1, -0.05) is 42.5 Å². The highest BCUT2D eigenvalue weighted by Gasteiger charge is 2.30. The second kappa shape index (κ2) is 9.66. The normalized spacial score (nSPS) is 14.8.